The summed E-state index contributed by atoms with van der Waals surface area (Å²) in [5, 5.41) is 0.304. The van der Waals surface area contributed by atoms with Crippen LogP contribution in [0.1, 0.15) is 12.8 Å². The van der Waals surface area contributed by atoms with Gasteiger partial charge in [-0.3, -0.25) is 4.21 Å². The van der Waals surface area contributed by atoms with Crippen molar-refractivity contribution in [1.82, 2.24) is 0 Å². The topological polar surface area (TPSA) is 26.3 Å². The molecule has 54 valence electrons. The van der Waals surface area contributed by atoms with E-state index in [-0.39, 0.29) is 0 Å². The van der Waals surface area contributed by atoms with Gasteiger partial charge in [0.15, 0.2) is 0 Å². The van der Waals surface area contributed by atoms with E-state index in [4.69, 9.17) is 4.74 Å². The van der Waals surface area contributed by atoms with Crippen LogP contribution >= 0.6 is 0 Å². The summed E-state index contributed by atoms with van der Waals surface area (Å²) in [7, 11) is -0.677. The summed E-state index contributed by atoms with van der Waals surface area (Å²) in [4.78, 5) is 0. The van der Waals surface area contributed by atoms with Gasteiger partial charge in [0.2, 0.25) is 0 Å². The van der Waals surface area contributed by atoms with Crippen LogP contribution in [0.15, 0.2) is 0 Å². The Morgan fingerprint density at radius 3 is 2.78 bits per heavy atom. The van der Waals surface area contributed by atoms with Crippen LogP contribution in [0.5, 0.6) is 0 Å². The van der Waals surface area contributed by atoms with Gasteiger partial charge in [-0.15, -0.1) is 0 Å². The van der Waals surface area contributed by atoms with Gasteiger partial charge in [0.05, 0.1) is 11.9 Å². The molecule has 2 nitrogen and oxygen atoms in total. The first kappa shape index (κ1) is 7.22. The van der Waals surface area contributed by atoms with Crippen molar-refractivity contribution < 1.29 is 8.95 Å². The fourth-order valence-electron chi connectivity index (χ4n) is 0.973. The third-order valence-electron chi connectivity index (χ3n) is 1.59. The van der Waals surface area contributed by atoms with Gasteiger partial charge >= 0.3 is 0 Å². The lowest BCUT2D eigenvalue weighted by molar-refractivity contribution is 0.100. The molecule has 0 N–H and O–H groups in total. The average Bonchev–Trinajstić information content (AvgIpc) is 1.90. The van der Waals surface area contributed by atoms with E-state index in [1.807, 2.05) is 0 Å². The molecule has 1 saturated heterocycles. The van der Waals surface area contributed by atoms with E-state index < -0.39 is 10.8 Å². The summed E-state index contributed by atoms with van der Waals surface area (Å²) < 4.78 is 16.0. The van der Waals surface area contributed by atoms with Gasteiger partial charge in [-0.1, -0.05) is 0 Å². The number of ether oxygens (including phenoxy) is 1. The first-order valence-corrected chi connectivity index (χ1v) is 4.83. The highest BCUT2D eigenvalue weighted by Gasteiger charge is 2.16. The molecule has 0 spiro atoms. The molecule has 3 heteroatoms. The third-order valence-corrected chi connectivity index (χ3v) is 2.90. The molecule has 0 aliphatic carbocycles. The summed E-state index contributed by atoms with van der Waals surface area (Å²) in [6.07, 6.45) is 3.90. The van der Waals surface area contributed by atoms with Crippen LogP contribution in [0.4, 0.5) is 0 Å². The average molecular weight is 148 g/mol. The lowest BCUT2D eigenvalue weighted by atomic mass is 10.2. The maximum Gasteiger partial charge on any atom is 0.0609 e. The highest BCUT2D eigenvalue weighted by atomic mass is 32.2. The van der Waals surface area contributed by atoms with Gasteiger partial charge in [-0.05, 0) is 12.8 Å². The molecule has 1 aliphatic rings. The van der Waals surface area contributed by atoms with Gasteiger partial charge in [0.1, 0.15) is 0 Å². The fraction of sp³-hybridized carbons (Fsp3) is 1.00. The van der Waals surface area contributed by atoms with Crippen LogP contribution in [-0.2, 0) is 15.5 Å². The monoisotopic (exact) mass is 148 g/mol. The summed E-state index contributed by atoms with van der Waals surface area (Å²) in [6, 6.07) is 0. The van der Waals surface area contributed by atoms with Gasteiger partial charge in [0.25, 0.3) is 0 Å². The van der Waals surface area contributed by atoms with Crippen molar-refractivity contribution in [2.45, 2.75) is 18.1 Å². The van der Waals surface area contributed by atoms with Crippen LogP contribution in [0.2, 0.25) is 0 Å². The fourth-order valence-corrected chi connectivity index (χ4v) is 1.76. The van der Waals surface area contributed by atoms with Crippen molar-refractivity contribution in [3.05, 3.63) is 0 Å². The standard InChI is InChI=1S/C6H12O2S/c1-9(7)6-3-2-4-8-5-6/h6H,2-5H2,1H3. The van der Waals surface area contributed by atoms with Crippen LogP contribution < -0.4 is 0 Å². The molecular formula is C6H12O2S. The Balaban J connectivity index is 2.31. The Morgan fingerprint density at radius 2 is 2.44 bits per heavy atom. The van der Waals surface area contributed by atoms with Crippen LogP contribution in [0.3, 0.4) is 0 Å². The highest BCUT2D eigenvalue weighted by molar-refractivity contribution is 7.84. The zero-order valence-electron chi connectivity index (χ0n) is 5.63. The lowest BCUT2D eigenvalue weighted by Crippen LogP contribution is -2.26. The molecule has 0 saturated carbocycles. The number of hydrogen-bond acceptors (Lipinski definition) is 2. The molecule has 0 aromatic heterocycles. The van der Waals surface area contributed by atoms with E-state index >= 15 is 0 Å². The van der Waals surface area contributed by atoms with E-state index in [1.54, 1.807) is 6.26 Å². The lowest BCUT2D eigenvalue weighted by Gasteiger charge is -2.19. The Hall–Kier alpha value is 0.110. The molecule has 0 radical (unpaired) electrons. The van der Waals surface area contributed by atoms with Crippen molar-refractivity contribution in [3.63, 3.8) is 0 Å². The molecule has 2 unspecified atom stereocenters. The minimum absolute atomic E-state index is 0.304. The summed E-state index contributed by atoms with van der Waals surface area (Å²) >= 11 is 0. The Labute approximate surface area is 58.0 Å². The molecule has 1 heterocycles. The predicted octanol–water partition coefficient (Wildman–Crippen LogP) is 0.544. The molecule has 2 atom stereocenters. The molecular weight excluding hydrogens is 136 g/mol. The van der Waals surface area contributed by atoms with E-state index in [2.05, 4.69) is 0 Å². The van der Waals surface area contributed by atoms with Gasteiger partial charge in [-0.25, -0.2) is 0 Å². The Bertz CT molecular complexity index is 108. The van der Waals surface area contributed by atoms with Crippen LogP contribution in [0.25, 0.3) is 0 Å². The van der Waals surface area contributed by atoms with Crippen molar-refractivity contribution in [3.8, 4) is 0 Å². The maximum atomic E-state index is 10.8. The molecule has 0 amide bonds. The summed E-state index contributed by atoms with van der Waals surface area (Å²) in [5.41, 5.74) is 0. The quantitative estimate of drug-likeness (QED) is 0.542. The Morgan fingerprint density at radius 1 is 1.67 bits per heavy atom. The normalized spacial score (nSPS) is 31.9. The zero-order valence-corrected chi connectivity index (χ0v) is 6.45. The second-order valence-electron chi connectivity index (χ2n) is 2.34. The molecule has 0 bridgehead atoms. The van der Waals surface area contributed by atoms with Crippen molar-refractivity contribution in [2.24, 2.45) is 0 Å². The summed E-state index contributed by atoms with van der Waals surface area (Å²) in [6.45, 7) is 1.55. The zero-order chi connectivity index (χ0) is 6.69. The molecule has 0 aromatic carbocycles. The first-order valence-electron chi connectivity index (χ1n) is 3.20. The Kier molecular flexibility index (Phi) is 2.66. The van der Waals surface area contributed by atoms with Crippen molar-refractivity contribution >= 4 is 10.8 Å². The third kappa shape index (κ3) is 2.06. The summed E-state index contributed by atoms with van der Waals surface area (Å²) in [5.74, 6) is 0. The first-order chi connectivity index (χ1) is 4.30. The molecule has 9 heavy (non-hydrogen) atoms. The van der Waals surface area contributed by atoms with E-state index in [0.717, 1.165) is 19.4 Å². The predicted molar refractivity (Wildman–Crippen MR) is 37.9 cm³/mol. The second-order valence-corrected chi connectivity index (χ2v) is 4.00. The molecule has 1 aliphatic heterocycles. The van der Waals surface area contributed by atoms with Crippen LogP contribution in [-0.4, -0.2) is 28.9 Å². The maximum absolute atomic E-state index is 10.8. The second kappa shape index (κ2) is 3.32. The number of rotatable bonds is 1. The SMILES string of the molecule is CS(=O)C1CCCOC1. The largest absolute Gasteiger partial charge is 0.380 e. The smallest absolute Gasteiger partial charge is 0.0609 e. The van der Waals surface area contributed by atoms with Gasteiger partial charge in [-0.2, -0.15) is 0 Å². The molecule has 1 fully saturated rings. The van der Waals surface area contributed by atoms with Gasteiger partial charge < -0.3 is 4.74 Å². The minimum atomic E-state index is -0.677. The van der Waals surface area contributed by atoms with Gasteiger partial charge in [0, 0.05) is 23.7 Å². The van der Waals surface area contributed by atoms with Crippen molar-refractivity contribution in [2.75, 3.05) is 19.5 Å². The van der Waals surface area contributed by atoms with E-state index in [1.165, 1.54) is 0 Å². The molecule has 1 rings (SSSR count). The van der Waals surface area contributed by atoms with E-state index in [0.29, 0.717) is 11.9 Å². The number of hydrogen-bond donors (Lipinski definition) is 0. The molecule has 0 aromatic rings. The minimum Gasteiger partial charge on any atom is -0.380 e. The highest BCUT2D eigenvalue weighted by Crippen LogP contribution is 2.10. The van der Waals surface area contributed by atoms with Crippen LogP contribution in [0, 0.1) is 0 Å². The van der Waals surface area contributed by atoms with Crippen molar-refractivity contribution in [1.29, 1.82) is 0 Å². The van der Waals surface area contributed by atoms with E-state index in [9.17, 15) is 4.21 Å².